The fraction of sp³-hybridized carbons (Fsp3) is 0.0811. The predicted octanol–water partition coefficient (Wildman–Crippen LogP) is 12.2. The van der Waals surface area contributed by atoms with E-state index in [1.807, 2.05) is 0 Å². The van der Waals surface area contributed by atoms with Crippen LogP contribution >= 0.6 is 15.8 Å². The molecule has 2 nitrogen and oxygen atoms in total. The Balaban J connectivity index is 0.000000208. The second-order valence-corrected chi connectivity index (χ2v) is 27.2. The van der Waals surface area contributed by atoms with Gasteiger partial charge in [-0.1, -0.05) is 207 Å². The number of benzene rings is 12. The molecule has 0 unspecified atom stereocenters. The Morgan fingerprint density at radius 2 is 0.455 bits per heavy atom. The third-order valence-electron chi connectivity index (χ3n) is 17.2. The Kier molecular flexibility index (Phi) is 24.2. The van der Waals surface area contributed by atoms with Crippen LogP contribution in [0.1, 0.15) is 25.7 Å². The van der Waals surface area contributed by atoms with Gasteiger partial charge in [0.2, 0.25) is 0 Å². The third kappa shape index (κ3) is 13.8. The molecule has 13 rings (SSSR count). The van der Waals surface area contributed by atoms with Gasteiger partial charge in [0.1, 0.15) is 52.7 Å². The fourth-order valence-electron chi connectivity index (χ4n) is 12.6. The van der Waals surface area contributed by atoms with Crippen molar-refractivity contribution < 1.29 is 120 Å². The molecule has 1 saturated carbocycles. The zero-order valence-electron chi connectivity index (χ0n) is 51.4. The van der Waals surface area contributed by atoms with E-state index in [2.05, 4.69) is 194 Å². The van der Waals surface area contributed by atoms with Crippen molar-refractivity contribution in [3.8, 4) is 11.1 Å². The summed E-state index contributed by atoms with van der Waals surface area (Å²) < 4.78 is 294. The van der Waals surface area contributed by atoms with E-state index in [1.54, 1.807) is 0 Å². The summed E-state index contributed by atoms with van der Waals surface area (Å²) in [6.07, 6.45) is -2.42. The van der Waals surface area contributed by atoms with Gasteiger partial charge in [0, 0.05) is 12.1 Å². The predicted molar refractivity (Wildman–Crippen MR) is 348 cm³/mol. The zero-order chi connectivity index (χ0) is 71.0. The smallest absolute Gasteiger partial charge is 1.00 e. The number of nitrogens with two attached hydrogens (primary N) is 2. The molecule has 0 aromatic heterocycles. The molecule has 0 bridgehead atoms. The maximum Gasteiger partial charge on any atom is 2.00 e. The van der Waals surface area contributed by atoms with Gasteiger partial charge < -0.3 is 23.9 Å². The summed E-state index contributed by atoms with van der Waals surface area (Å²) >= 11 is 0. The van der Waals surface area contributed by atoms with Gasteiger partial charge in [0.15, 0.2) is 69.8 Å². The van der Waals surface area contributed by atoms with Gasteiger partial charge in [-0.05, 0) is 93.2 Å². The van der Waals surface area contributed by atoms with E-state index < -0.39 is 160 Å². The van der Waals surface area contributed by atoms with E-state index in [0.717, 1.165) is 12.8 Å². The first kappa shape index (κ1) is 76.7. The summed E-state index contributed by atoms with van der Waals surface area (Å²) in [6, 6.07) is 72.4. The SMILES string of the molecule is Fc1c(F)c(F)c([B-](c2c(F)c(F)c(F)c(F)c2F)(c2c(F)c(F)c(F)c(F)c2F)c2c(F)c(F)c(F)c(F)c2F)c(F)c1F.N[C@@H]1CCCC[C@H]1N.[Cl-].[Ru+2].c1ccc(P(c2ccccc2)c2ccc3ccccc3c2-c2c(P(c3ccccc3)c3ccccc3)ccc3ccccc23)cc1. The van der Waals surface area contributed by atoms with Gasteiger partial charge in [-0.2, -0.15) is 0 Å². The molecule has 0 radical (unpaired) electrons. The minimum absolute atomic E-state index is 0. The van der Waals surface area contributed by atoms with Gasteiger partial charge in [0.05, 0.1) is 0 Å². The van der Waals surface area contributed by atoms with Crippen molar-refractivity contribution in [1.29, 1.82) is 0 Å². The van der Waals surface area contributed by atoms with Crippen LogP contribution in [0.2, 0.25) is 0 Å². The second kappa shape index (κ2) is 31.8. The molecule has 4 N–H and O–H groups in total. The van der Waals surface area contributed by atoms with Crippen molar-refractivity contribution in [3.05, 3.63) is 310 Å². The molecule has 0 heterocycles. The topological polar surface area (TPSA) is 52.0 Å². The molecule has 0 aliphatic heterocycles. The van der Waals surface area contributed by atoms with Gasteiger partial charge in [-0.25, -0.2) is 87.8 Å². The Morgan fingerprint density at radius 1 is 0.257 bits per heavy atom. The molecule has 1 aliphatic carbocycles. The molecule has 1 fully saturated rings. The van der Waals surface area contributed by atoms with Crippen molar-refractivity contribution in [2.45, 2.75) is 37.8 Å². The van der Waals surface area contributed by atoms with Crippen LogP contribution in [0.15, 0.2) is 194 Å². The van der Waals surface area contributed by atoms with Gasteiger partial charge in [-0.3, -0.25) is 0 Å². The van der Waals surface area contributed by atoms with Gasteiger partial charge in [0.25, 0.3) is 0 Å². The maximum atomic E-state index is 15.4. The standard InChI is InChI=1S/C44H32P2.C24BF20.C6H14N2.ClH.Ru/c1-5-19-35(20-6-1)45(36-21-7-2-8-22-36)41-31-29-33-17-13-15-27-39(33)43(41)44-40-28-16-14-18-34(40)30-32-42(44)46(37-23-9-3-10-24-37)38-25-11-4-12-26-38;26-5-1(6(27)14(35)21(42)13(5)34)25(2-7(28)15(36)22(43)16(37)8(2)29,3-9(30)17(38)23(44)18(39)10(3)31)4-11(32)19(40)24(45)20(41)12(4)33;7-5-3-1-2-4-6(5)8;;/h1-32H;;5-6H,1-4,7-8H2;1H;/q;-1;;;+2/p-1/t;;5-,6-;;/m..1../s1. The number of hydrogen-bond donors (Lipinski definition) is 2. The van der Waals surface area contributed by atoms with E-state index >= 15 is 35.1 Å². The number of rotatable bonds is 11. The van der Waals surface area contributed by atoms with Crippen molar-refractivity contribution in [1.82, 2.24) is 0 Å². The van der Waals surface area contributed by atoms with E-state index in [1.165, 1.54) is 77.3 Å². The van der Waals surface area contributed by atoms with Crippen LogP contribution < -0.4 is 77.6 Å². The van der Waals surface area contributed by atoms with E-state index in [9.17, 15) is 52.7 Å². The Hall–Kier alpha value is -8.48. The summed E-state index contributed by atoms with van der Waals surface area (Å²) in [7, 11) is -1.70. The zero-order valence-corrected chi connectivity index (χ0v) is 55.7. The first-order valence-electron chi connectivity index (χ1n) is 30.0. The molecule has 0 amide bonds. The molecule has 1 aliphatic rings. The van der Waals surface area contributed by atoms with Crippen molar-refractivity contribution in [3.63, 3.8) is 0 Å². The monoisotopic (exact) mass is 1550 g/mol. The van der Waals surface area contributed by atoms with E-state index in [-0.39, 0.29) is 44.0 Å². The summed E-state index contributed by atoms with van der Waals surface area (Å²) in [5, 5.41) is 13.3. The molecule has 520 valence electrons. The van der Waals surface area contributed by atoms with Crippen molar-refractivity contribution >= 4 is 97.2 Å². The molecule has 0 saturated heterocycles. The Labute approximate surface area is 584 Å². The van der Waals surface area contributed by atoms with Crippen LogP contribution in [0.5, 0.6) is 0 Å². The number of hydrogen-bond acceptors (Lipinski definition) is 2. The Bertz CT molecular complexity index is 4420. The van der Waals surface area contributed by atoms with Crippen molar-refractivity contribution in [2.24, 2.45) is 11.5 Å². The van der Waals surface area contributed by atoms with E-state index in [0.29, 0.717) is 0 Å². The molecule has 2 atom stereocenters. The van der Waals surface area contributed by atoms with Gasteiger partial charge >= 0.3 is 19.5 Å². The largest absolute Gasteiger partial charge is 2.00 e. The van der Waals surface area contributed by atoms with Crippen LogP contribution in [0.3, 0.4) is 0 Å². The average molecular weight is 1550 g/mol. The van der Waals surface area contributed by atoms with Gasteiger partial charge in [-0.15, -0.1) is 21.9 Å². The molecule has 12 aromatic carbocycles. The summed E-state index contributed by atoms with van der Waals surface area (Å²) in [5.74, 6) is -71.4. The van der Waals surface area contributed by atoms with Crippen molar-refractivity contribution in [2.75, 3.05) is 0 Å². The molecular weight excluding hydrogens is 1510 g/mol. The molecule has 0 spiro atoms. The summed E-state index contributed by atoms with van der Waals surface area (Å²) in [4.78, 5) is 0. The van der Waals surface area contributed by atoms with Crippen LogP contribution in [0.4, 0.5) is 87.8 Å². The fourth-order valence-corrected chi connectivity index (χ4v) is 17.6. The van der Waals surface area contributed by atoms with Crippen LogP contribution in [-0.4, -0.2) is 18.2 Å². The van der Waals surface area contributed by atoms with Crippen LogP contribution in [0, 0.1) is 116 Å². The number of halogens is 21. The minimum Gasteiger partial charge on any atom is -1.00 e. The summed E-state index contributed by atoms with van der Waals surface area (Å²) in [5.41, 5.74) is -0.323. The number of fused-ring (bicyclic) bond motifs is 2. The minimum atomic E-state index is -7.22. The normalized spacial score (nSPS) is 13.7. The molecule has 27 heteroatoms. The third-order valence-corrected chi connectivity index (χ3v) is 22.2. The quantitative estimate of drug-likeness (QED) is 0.0446. The molecule has 101 heavy (non-hydrogen) atoms. The van der Waals surface area contributed by atoms with Crippen LogP contribution in [0.25, 0.3) is 32.7 Å². The molecule has 12 aromatic rings. The maximum absolute atomic E-state index is 15.4. The average Bonchev–Trinajstić information content (AvgIpc) is 0.682. The second-order valence-electron chi connectivity index (χ2n) is 22.8. The van der Waals surface area contributed by atoms with Crippen LogP contribution in [-0.2, 0) is 19.5 Å². The summed E-state index contributed by atoms with van der Waals surface area (Å²) in [6.45, 7) is 0. The van der Waals surface area contributed by atoms with E-state index in [4.69, 9.17) is 11.5 Å². The first-order chi connectivity index (χ1) is 47.4. The molecular formula is C74H46BClF20N2P2Ru. The Morgan fingerprint density at radius 3 is 0.673 bits per heavy atom. The first-order valence-corrected chi connectivity index (χ1v) is 32.6.